The van der Waals surface area contributed by atoms with Gasteiger partial charge in [-0.3, -0.25) is 0 Å². The van der Waals surface area contributed by atoms with Gasteiger partial charge in [0, 0.05) is 34.7 Å². The maximum atomic E-state index is 13.5. The fraction of sp³-hybridized carbons (Fsp3) is 0.267. The summed E-state index contributed by atoms with van der Waals surface area (Å²) in [5.74, 6) is 1.41. The minimum Gasteiger partial charge on any atom is -0.494 e. The van der Waals surface area contributed by atoms with E-state index in [2.05, 4.69) is 22.1 Å². The summed E-state index contributed by atoms with van der Waals surface area (Å²) in [4.78, 5) is 13.0. The van der Waals surface area contributed by atoms with Crippen molar-refractivity contribution in [2.75, 3.05) is 24.7 Å². The molecule has 0 atom stereocenters. The Kier molecular flexibility index (Phi) is 6.54. The predicted octanol–water partition coefficient (Wildman–Crippen LogP) is 3.95. The Balaban J connectivity index is 1.66. The van der Waals surface area contributed by atoms with Gasteiger partial charge in [0.2, 0.25) is 0 Å². The van der Waals surface area contributed by atoms with Crippen molar-refractivity contribution < 1.29 is 13.9 Å². The molecule has 2 N–H and O–H groups in total. The van der Waals surface area contributed by atoms with Crippen LogP contribution in [0.15, 0.2) is 35.7 Å². The first-order chi connectivity index (χ1) is 10.7. The van der Waals surface area contributed by atoms with Gasteiger partial charge in [0.05, 0.1) is 7.11 Å². The van der Waals surface area contributed by atoms with Gasteiger partial charge in [-0.2, -0.15) is 11.8 Å². The Morgan fingerprint density at radius 3 is 2.95 bits per heavy atom. The van der Waals surface area contributed by atoms with Crippen molar-refractivity contribution in [1.29, 1.82) is 0 Å². The first kappa shape index (κ1) is 16.6. The van der Waals surface area contributed by atoms with E-state index >= 15 is 0 Å². The standard InChI is InChI=1S/C15H17FN2O2S2/c1-20-14-5-4-11(9-13(14)16)18-15(19)17-6-8-21-10-12-3-2-7-22-12/h2-5,7,9H,6,8,10H2,1H3,(H2,17,18,19). The van der Waals surface area contributed by atoms with Crippen molar-refractivity contribution >= 4 is 34.8 Å². The normalized spacial score (nSPS) is 10.3. The molecule has 0 bridgehead atoms. The fourth-order valence-electron chi connectivity index (χ4n) is 1.72. The van der Waals surface area contributed by atoms with E-state index < -0.39 is 5.82 Å². The Bertz CT molecular complexity index is 606. The summed E-state index contributed by atoms with van der Waals surface area (Å²) in [6.45, 7) is 0.556. The van der Waals surface area contributed by atoms with Crippen LogP contribution >= 0.6 is 23.1 Å². The van der Waals surface area contributed by atoms with Crippen molar-refractivity contribution in [2.45, 2.75) is 5.75 Å². The molecule has 0 fully saturated rings. The molecule has 1 heterocycles. The summed E-state index contributed by atoms with van der Waals surface area (Å²) in [5, 5.41) is 7.38. The van der Waals surface area contributed by atoms with Gasteiger partial charge < -0.3 is 15.4 Å². The van der Waals surface area contributed by atoms with Crippen molar-refractivity contribution in [1.82, 2.24) is 5.32 Å². The quantitative estimate of drug-likeness (QED) is 0.750. The molecule has 0 saturated carbocycles. The van der Waals surface area contributed by atoms with Crippen molar-refractivity contribution in [3.05, 3.63) is 46.4 Å². The molecule has 0 aliphatic heterocycles. The number of rotatable bonds is 7. The van der Waals surface area contributed by atoms with E-state index in [1.54, 1.807) is 29.2 Å². The van der Waals surface area contributed by atoms with Crippen LogP contribution in [0.5, 0.6) is 5.75 Å². The average Bonchev–Trinajstić information content (AvgIpc) is 3.00. The highest BCUT2D eigenvalue weighted by Crippen LogP contribution is 2.20. The highest BCUT2D eigenvalue weighted by atomic mass is 32.2. The van der Waals surface area contributed by atoms with Crippen LogP contribution in [-0.4, -0.2) is 25.4 Å². The van der Waals surface area contributed by atoms with Gasteiger partial charge in [0.25, 0.3) is 0 Å². The second-order valence-corrected chi connectivity index (χ2v) is 6.50. The first-order valence-corrected chi connectivity index (χ1v) is 8.71. The maximum absolute atomic E-state index is 13.5. The van der Waals surface area contributed by atoms with Crippen LogP contribution in [0.1, 0.15) is 4.88 Å². The number of thioether (sulfide) groups is 1. The number of hydrogen-bond donors (Lipinski definition) is 2. The Labute approximate surface area is 137 Å². The molecule has 0 aliphatic carbocycles. The van der Waals surface area contributed by atoms with E-state index in [4.69, 9.17) is 4.74 Å². The summed E-state index contributed by atoms with van der Waals surface area (Å²) in [6, 6.07) is 8.07. The second-order valence-electron chi connectivity index (χ2n) is 4.36. The number of carbonyl (C=O) groups is 1. The van der Waals surface area contributed by atoms with E-state index in [0.29, 0.717) is 12.2 Å². The van der Waals surface area contributed by atoms with E-state index in [0.717, 1.165) is 11.5 Å². The summed E-state index contributed by atoms with van der Waals surface area (Å²) < 4.78 is 18.3. The topological polar surface area (TPSA) is 50.4 Å². The van der Waals surface area contributed by atoms with Crippen LogP contribution in [0.25, 0.3) is 0 Å². The SMILES string of the molecule is COc1ccc(NC(=O)NCCSCc2cccs2)cc1F. The molecule has 118 valence electrons. The number of anilines is 1. The molecule has 1 aromatic carbocycles. The maximum Gasteiger partial charge on any atom is 0.319 e. The van der Waals surface area contributed by atoms with Crippen molar-refractivity contribution in [2.24, 2.45) is 0 Å². The average molecular weight is 340 g/mol. The van der Waals surface area contributed by atoms with Crippen LogP contribution in [-0.2, 0) is 5.75 Å². The van der Waals surface area contributed by atoms with Gasteiger partial charge in [-0.15, -0.1) is 11.3 Å². The zero-order valence-electron chi connectivity index (χ0n) is 12.1. The number of urea groups is 1. The van der Waals surface area contributed by atoms with Gasteiger partial charge >= 0.3 is 6.03 Å². The summed E-state index contributed by atoms with van der Waals surface area (Å²) in [5.41, 5.74) is 0.391. The molecular formula is C15H17FN2O2S2. The monoisotopic (exact) mass is 340 g/mol. The molecule has 0 spiro atoms. The molecule has 7 heteroatoms. The zero-order valence-corrected chi connectivity index (χ0v) is 13.7. The second kappa shape index (κ2) is 8.65. The van der Waals surface area contributed by atoms with E-state index in [-0.39, 0.29) is 11.8 Å². The fourth-order valence-corrected chi connectivity index (χ4v) is 3.42. The van der Waals surface area contributed by atoms with E-state index in [9.17, 15) is 9.18 Å². The molecule has 2 aromatic rings. The van der Waals surface area contributed by atoms with E-state index in [1.165, 1.54) is 24.1 Å². The van der Waals surface area contributed by atoms with Crippen LogP contribution in [0.4, 0.5) is 14.9 Å². The van der Waals surface area contributed by atoms with Gasteiger partial charge in [-0.25, -0.2) is 9.18 Å². The molecule has 0 radical (unpaired) electrons. The van der Waals surface area contributed by atoms with Crippen molar-refractivity contribution in [3.8, 4) is 5.75 Å². The third kappa shape index (κ3) is 5.23. The minimum absolute atomic E-state index is 0.149. The number of methoxy groups -OCH3 is 1. The Morgan fingerprint density at radius 2 is 2.27 bits per heavy atom. The molecule has 0 unspecified atom stereocenters. The largest absolute Gasteiger partial charge is 0.494 e. The highest BCUT2D eigenvalue weighted by Gasteiger charge is 2.06. The Hall–Kier alpha value is -1.73. The smallest absolute Gasteiger partial charge is 0.319 e. The van der Waals surface area contributed by atoms with Gasteiger partial charge in [-0.05, 0) is 23.6 Å². The highest BCUT2D eigenvalue weighted by molar-refractivity contribution is 7.98. The summed E-state index contributed by atoms with van der Waals surface area (Å²) in [7, 11) is 1.39. The number of ether oxygens (including phenoxy) is 1. The number of carbonyl (C=O) groups excluding carboxylic acids is 1. The zero-order chi connectivity index (χ0) is 15.8. The number of thiophene rings is 1. The lowest BCUT2D eigenvalue weighted by Crippen LogP contribution is -2.30. The van der Waals surface area contributed by atoms with E-state index in [1.807, 2.05) is 6.07 Å². The van der Waals surface area contributed by atoms with Gasteiger partial charge in [-0.1, -0.05) is 6.07 Å². The molecule has 2 amide bonds. The molecule has 22 heavy (non-hydrogen) atoms. The van der Waals surface area contributed by atoms with Crippen molar-refractivity contribution in [3.63, 3.8) is 0 Å². The molecule has 1 aromatic heterocycles. The molecular weight excluding hydrogens is 323 g/mol. The molecule has 4 nitrogen and oxygen atoms in total. The lowest BCUT2D eigenvalue weighted by molar-refractivity contribution is 0.252. The van der Waals surface area contributed by atoms with Gasteiger partial charge in [0.1, 0.15) is 0 Å². The molecule has 2 rings (SSSR count). The predicted molar refractivity (Wildman–Crippen MR) is 90.5 cm³/mol. The number of halogens is 1. The third-order valence-corrected chi connectivity index (χ3v) is 4.83. The molecule has 0 saturated heterocycles. The number of amides is 2. The number of benzene rings is 1. The van der Waals surface area contributed by atoms with Crippen LogP contribution in [0, 0.1) is 5.82 Å². The Morgan fingerprint density at radius 1 is 1.41 bits per heavy atom. The molecule has 0 aliphatic rings. The lowest BCUT2D eigenvalue weighted by atomic mass is 10.3. The number of hydrogen-bond acceptors (Lipinski definition) is 4. The van der Waals surface area contributed by atoms with Crippen LogP contribution < -0.4 is 15.4 Å². The minimum atomic E-state index is -0.508. The lowest BCUT2D eigenvalue weighted by Gasteiger charge is -2.08. The summed E-state index contributed by atoms with van der Waals surface area (Å²) >= 11 is 3.49. The third-order valence-electron chi connectivity index (χ3n) is 2.77. The van der Waals surface area contributed by atoms with Gasteiger partial charge in [0.15, 0.2) is 11.6 Å². The first-order valence-electron chi connectivity index (χ1n) is 6.67. The summed E-state index contributed by atoms with van der Waals surface area (Å²) in [6.07, 6.45) is 0. The van der Waals surface area contributed by atoms with Crippen LogP contribution in [0.2, 0.25) is 0 Å². The number of nitrogens with one attached hydrogen (secondary N) is 2. The van der Waals surface area contributed by atoms with Crippen LogP contribution in [0.3, 0.4) is 0 Å².